The Labute approximate surface area is 214 Å². The Morgan fingerprint density at radius 2 is 1.78 bits per heavy atom. The minimum atomic E-state index is -0.119. The Balaban J connectivity index is 1.34. The van der Waals surface area contributed by atoms with Crippen LogP contribution in [-0.2, 0) is 4.79 Å². The maximum absolute atomic E-state index is 13.4. The van der Waals surface area contributed by atoms with Crippen molar-refractivity contribution in [3.8, 4) is 11.5 Å². The van der Waals surface area contributed by atoms with E-state index in [1.165, 1.54) is 11.5 Å². The van der Waals surface area contributed by atoms with Crippen molar-refractivity contribution in [2.24, 2.45) is 5.92 Å². The van der Waals surface area contributed by atoms with Gasteiger partial charge in [-0.05, 0) is 56.3 Å². The van der Waals surface area contributed by atoms with Gasteiger partial charge in [-0.1, -0.05) is 0 Å². The van der Waals surface area contributed by atoms with Gasteiger partial charge in [-0.3, -0.25) is 9.59 Å². The van der Waals surface area contributed by atoms with Crippen LogP contribution in [0.5, 0.6) is 11.5 Å². The van der Waals surface area contributed by atoms with E-state index in [0.29, 0.717) is 48.7 Å². The summed E-state index contributed by atoms with van der Waals surface area (Å²) in [5.74, 6) is 1.09. The van der Waals surface area contributed by atoms with Crippen molar-refractivity contribution >= 4 is 44.9 Å². The lowest BCUT2D eigenvalue weighted by molar-refractivity contribution is -0.120. The minimum Gasteiger partial charge on any atom is -0.493 e. The fourth-order valence-corrected chi connectivity index (χ4v) is 5.89. The molecule has 2 saturated heterocycles. The highest BCUT2D eigenvalue weighted by molar-refractivity contribution is 7.13. The van der Waals surface area contributed by atoms with Gasteiger partial charge in [0.15, 0.2) is 11.5 Å². The van der Waals surface area contributed by atoms with Crippen LogP contribution >= 0.6 is 11.5 Å². The second-order valence-electron chi connectivity index (χ2n) is 9.29. The lowest BCUT2D eigenvalue weighted by atomic mass is 9.94. The number of amides is 2. The molecule has 2 aliphatic heterocycles. The summed E-state index contributed by atoms with van der Waals surface area (Å²) < 4.78 is 15.1. The quantitative estimate of drug-likeness (QED) is 0.534. The van der Waals surface area contributed by atoms with Crippen LogP contribution in [0.2, 0.25) is 0 Å². The van der Waals surface area contributed by atoms with E-state index < -0.39 is 0 Å². The monoisotopic (exact) mass is 509 g/mol. The molecule has 36 heavy (non-hydrogen) atoms. The molecule has 0 radical (unpaired) electrons. The first kappa shape index (κ1) is 24.3. The van der Waals surface area contributed by atoms with E-state index in [1.54, 1.807) is 32.5 Å². The lowest BCUT2D eigenvalue weighted by Crippen LogP contribution is -2.39. The van der Waals surface area contributed by atoms with Gasteiger partial charge in [-0.2, -0.15) is 4.37 Å². The first-order chi connectivity index (χ1) is 17.5. The molecule has 1 N–H and O–H groups in total. The van der Waals surface area contributed by atoms with E-state index in [2.05, 4.69) is 19.6 Å². The molecule has 190 valence electrons. The molecule has 10 heteroatoms. The maximum Gasteiger partial charge on any atom is 0.257 e. The summed E-state index contributed by atoms with van der Waals surface area (Å²) in [5, 5.41) is 3.98. The van der Waals surface area contributed by atoms with Gasteiger partial charge < -0.3 is 24.6 Å². The molecule has 0 aliphatic carbocycles. The molecule has 2 amide bonds. The van der Waals surface area contributed by atoms with E-state index in [4.69, 9.17) is 9.47 Å². The van der Waals surface area contributed by atoms with Crippen LogP contribution in [0.25, 0.3) is 10.2 Å². The molecule has 5 rings (SSSR count). The van der Waals surface area contributed by atoms with Crippen LogP contribution < -0.4 is 19.7 Å². The maximum atomic E-state index is 13.4. The van der Waals surface area contributed by atoms with Crippen LogP contribution in [0.15, 0.2) is 24.4 Å². The highest BCUT2D eigenvalue weighted by Crippen LogP contribution is 2.37. The van der Waals surface area contributed by atoms with Gasteiger partial charge in [-0.25, -0.2) is 4.98 Å². The number of nitrogens with zero attached hydrogens (tertiary/aromatic N) is 4. The Bertz CT molecular complexity index is 1280. The minimum absolute atomic E-state index is 0.0107. The zero-order chi connectivity index (χ0) is 25.2. The average Bonchev–Trinajstić information content (AvgIpc) is 3.58. The Kier molecular flexibility index (Phi) is 6.95. The van der Waals surface area contributed by atoms with Gasteiger partial charge in [0.2, 0.25) is 5.91 Å². The van der Waals surface area contributed by atoms with Crippen LogP contribution in [0, 0.1) is 12.8 Å². The summed E-state index contributed by atoms with van der Waals surface area (Å²) in [7, 11) is 3.15. The standard InChI is InChI=1S/C26H31N5O4S/c1-16-22-23(19(15-27-25(22)36-29-16)26(33)31-10-4-5-11-31)30-12-8-17(9-13-30)24(32)28-18-6-7-20(34-2)21(14-18)35-3/h6-7,14-15,17H,4-5,8-13H2,1-3H3,(H,28,32). The third-order valence-corrected chi connectivity index (χ3v) is 7.95. The molecule has 0 atom stereocenters. The molecular formula is C26H31N5O4S. The second-order valence-corrected chi connectivity index (χ2v) is 10.0. The number of piperidine rings is 1. The van der Waals surface area contributed by atoms with Crippen molar-refractivity contribution < 1.29 is 19.1 Å². The normalized spacial score (nSPS) is 16.4. The number of fused-ring (bicyclic) bond motifs is 1. The fraction of sp³-hybridized carbons (Fsp3) is 0.462. The predicted octanol–water partition coefficient (Wildman–Crippen LogP) is 4.11. The molecule has 0 unspecified atom stereocenters. The molecule has 3 aromatic rings. The van der Waals surface area contributed by atoms with Crippen molar-refractivity contribution in [3.05, 3.63) is 35.7 Å². The third kappa shape index (κ3) is 4.57. The first-order valence-electron chi connectivity index (χ1n) is 12.3. The number of methoxy groups -OCH3 is 2. The third-order valence-electron chi connectivity index (χ3n) is 7.10. The molecular weight excluding hydrogens is 478 g/mol. The van der Waals surface area contributed by atoms with Crippen molar-refractivity contribution in [1.29, 1.82) is 0 Å². The molecule has 2 aromatic heterocycles. The number of likely N-dealkylation sites (tertiary alicyclic amines) is 1. The summed E-state index contributed by atoms with van der Waals surface area (Å²) >= 11 is 1.36. The average molecular weight is 510 g/mol. The van der Waals surface area contributed by atoms with E-state index >= 15 is 0 Å². The van der Waals surface area contributed by atoms with Gasteiger partial charge in [0.1, 0.15) is 4.83 Å². The summed E-state index contributed by atoms with van der Waals surface area (Å²) in [6, 6.07) is 5.36. The number of carbonyl (C=O) groups excluding carboxylic acids is 2. The number of hydrogen-bond donors (Lipinski definition) is 1. The van der Waals surface area contributed by atoms with E-state index in [0.717, 1.165) is 47.5 Å². The van der Waals surface area contributed by atoms with Gasteiger partial charge in [0.25, 0.3) is 5.91 Å². The second kappa shape index (κ2) is 10.3. The summed E-state index contributed by atoms with van der Waals surface area (Å²) in [6.07, 6.45) is 5.17. The topological polar surface area (TPSA) is 96.9 Å². The van der Waals surface area contributed by atoms with Crippen LogP contribution in [0.3, 0.4) is 0 Å². The van der Waals surface area contributed by atoms with Crippen molar-refractivity contribution in [2.75, 3.05) is 50.6 Å². The van der Waals surface area contributed by atoms with Gasteiger partial charge >= 0.3 is 0 Å². The van der Waals surface area contributed by atoms with Crippen molar-refractivity contribution in [2.45, 2.75) is 32.6 Å². The van der Waals surface area contributed by atoms with Crippen LogP contribution in [0.4, 0.5) is 11.4 Å². The van der Waals surface area contributed by atoms with Crippen LogP contribution in [-0.4, -0.2) is 66.5 Å². The molecule has 2 fully saturated rings. The number of anilines is 2. The SMILES string of the molecule is COc1ccc(NC(=O)C2CCN(c3c(C(=O)N4CCCC4)cnc4snc(C)c34)CC2)cc1OC. The number of ether oxygens (including phenoxy) is 2. The molecule has 9 nitrogen and oxygen atoms in total. The number of benzene rings is 1. The molecule has 0 saturated carbocycles. The zero-order valence-electron chi connectivity index (χ0n) is 20.9. The number of nitrogens with one attached hydrogen (secondary N) is 1. The van der Waals surface area contributed by atoms with E-state index in [1.807, 2.05) is 17.9 Å². The van der Waals surface area contributed by atoms with E-state index in [-0.39, 0.29) is 17.7 Å². The summed E-state index contributed by atoms with van der Waals surface area (Å²) in [4.78, 5) is 36.1. The largest absolute Gasteiger partial charge is 0.493 e. The smallest absolute Gasteiger partial charge is 0.257 e. The number of aryl methyl sites for hydroxylation is 1. The van der Waals surface area contributed by atoms with Gasteiger partial charge in [-0.15, -0.1) is 0 Å². The number of rotatable bonds is 6. The van der Waals surface area contributed by atoms with Gasteiger partial charge in [0, 0.05) is 50.0 Å². The Morgan fingerprint density at radius 1 is 1.06 bits per heavy atom. The molecule has 0 spiro atoms. The summed E-state index contributed by atoms with van der Waals surface area (Å²) in [6.45, 7) is 4.90. The molecule has 1 aromatic carbocycles. The molecule has 0 bridgehead atoms. The highest BCUT2D eigenvalue weighted by Gasteiger charge is 2.31. The summed E-state index contributed by atoms with van der Waals surface area (Å²) in [5.41, 5.74) is 3.12. The Morgan fingerprint density at radius 3 is 2.47 bits per heavy atom. The number of carbonyl (C=O) groups is 2. The molecule has 2 aliphatic rings. The van der Waals surface area contributed by atoms with E-state index in [9.17, 15) is 9.59 Å². The predicted molar refractivity (Wildman–Crippen MR) is 140 cm³/mol. The molecule has 4 heterocycles. The first-order valence-corrected chi connectivity index (χ1v) is 13.1. The lowest BCUT2D eigenvalue weighted by Gasteiger charge is -2.34. The highest BCUT2D eigenvalue weighted by atomic mass is 32.1. The number of aromatic nitrogens is 2. The zero-order valence-corrected chi connectivity index (χ0v) is 21.7. The number of pyridine rings is 1. The van der Waals surface area contributed by atoms with Crippen LogP contribution in [0.1, 0.15) is 41.7 Å². The van der Waals surface area contributed by atoms with Crippen molar-refractivity contribution in [3.63, 3.8) is 0 Å². The van der Waals surface area contributed by atoms with Gasteiger partial charge in [0.05, 0.1) is 36.6 Å². The Hall–Kier alpha value is -3.40. The van der Waals surface area contributed by atoms with Crippen molar-refractivity contribution in [1.82, 2.24) is 14.3 Å². The number of hydrogen-bond acceptors (Lipinski definition) is 8. The fourth-order valence-electron chi connectivity index (χ4n) is 5.14.